The topological polar surface area (TPSA) is 415 Å². The predicted molar refractivity (Wildman–Crippen MR) is 398 cm³/mol. The number of aliphatic hydroxyl groups excluding tert-OH is 8. The van der Waals surface area contributed by atoms with Gasteiger partial charge < -0.3 is 76.1 Å². The van der Waals surface area contributed by atoms with Crippen molar-refractivity contribution in [3.8, 4) is 0 Å². The first-order valence-electron chi connectivity index (χ1n) is 39.4. The van der Waals surface area contributed by atoms with Crippen LogP contribution in [0.5, 0.6) is 0 Å². The minimum Gasteiger partial charge on any atom is -0.394 e. The minimum atomic E-state index is -2.58. The molecule has 6 aliphatic rings. The van der Waals surface area contributed by atoms with Crippen LogP contribution in [0.4, 0.5) is 30.6 Å². The fraction of sp³-hybridized carbons (Fsp3) is 0.583. The molecule has 0 radical (unpaired) electrons. The number of nitrogens with zero attached hydrogens (tertiary/aromatic N) is 15. The van der Waals surface area contributed by atoms with Gasteiger partial charge in [-0.05, 0) is 111 Å². The molecule has 6 aliphatic carbocycles. The van der Waals surface area contributed by atoms with Crippen LogP contribution >= 0.6 is 35.3 Å². The normalized spacial score (nSPS) is 30.9. The van der Waals surface area contributed by atoms with E-state index in [-0.39, 0.29) is 90.2 Å². The molecule has 18 atom stereocenters. The Bertz CT molecular complexity index is 4970. The lowest BCUT2D eigenvalue weighted by atomic mass is 10.1. The second-order valence-electron chi connectivity index (χ2n) is 27.4. The third-order valence-corrected chi connectivity index (χ3v) is 22.9. The van der Waals surface area contributed by atoms with Crippen molar-refractivity contribution in [1.29, 1.82) is 0 Å². The maximum Gasteiger partial charge on any atom is 0.191 e. The molecule has 108 heavy (non-hydrogen) atoms. The molecule has 15 rings (SSSR count). The molecular weight excluding hydrogens is 1460 g/mol. The average molecular weight is 1560 g/mol. The zero-order valence-corrected chi connectivity index (χ0v) is 62.4. The van der Waals surface area contributed by atoms with Gasteiger partial charge in [-0.15, -0.1) is 15.3 Å². The number of rotatable bonds is 30. The van der Waals surface area contributed by atoms with Crippen molar-refractivity contribution in [1.82, 2.24) is 74.9 Å². The second-order valence-corrected chi connectivity index (χ2v) is 30.6. The van der Waals surface area contributed by atoms with Crippen LogP contribution in [0.25, 0.3) is 33.5 Å². The molecule has 0 saturated heterocycles. The molecule has 0 bridgehead atoms. The molecule has 3 aromatic carbocycles. The van der Waals surface area contributed by atoms with E-state index in [9.17, 15) is 54.0 Å². The number of benzene rings is 3. The molecule has 0 aliphatic heterocycles. The lowest BCUT2D eigenvalue weighted by Crippen LogP contribution is -2.33. The number of aromatic nitrogens is 15. The molecule has 6 fully saturated rings. The number of hydrogen-bond acceptors (Lipinski definition) is 30. The predicted octanol–water partition coefficient (Wildman–Crippen LogP) is 6.55. The molecule has 0 spiro atoms. The third-order valence-electron chi connectivity index (χ3n) is 19.7. The number of halogens is 3. The Morgan fingerprint density at radius 1 is 0.454 bits per heavy atom. The highest BCUT2D eigenvalue weighted by Crippen LogP contribution is 2.48. The van der Waals surface area contributed by atoms with Crippen LogP contribution in [0.3, 0.4) is 0 Å². The Morgan fingerprint density at radius 3 is 1.07 bits per heavy atom. The first kappa shape index (κ1) is 70.0. The summed E-state index contributed by atoms with van der Waals surface area (Å²) in [5, 5.41) is 128. The van der Waals surface area contributed by atoms with Crippen molar-refractivity contribution in [2.45, 2.75) is 224 Å². The van der Waals surface area contributed by atoms with Crippen LogP contribution in [0.15, 0.2) is 70.1 Å². The summed E-state index contributed by atoms with van der Waals surface area (Å²) in [6.45, 7) is 4.47. The van der Waals surface area contributed by atoms with Gasteiger partial charge in [-0.1, -0.05) is 108 Å². The highest BCUT2D eigenvalue weighted by Gasteiger charge is 2.49. The quantitative estimate of drug-likeness (QED) is 0.0168. The molecular formula is C72H93F3N18O12S3. The molecule has 6 heterocycles. The maximum absolute atomic E-state index is 14.2. The number of aliphatic hydroxyl groups is 9. The summed E-state index contributed by atoms with van der Waals surface area (Å²) in [5.74, 6) is 1.53. The second kappa shape index (κ2) is 35.1. The molecule has 6 aromatic heterocycles. The molecule has 582 valence electrons. The molecule has 0 unspecified atom stereocenters. The van der Waals surface area contributed by atoms with Gasteiger partial charge in [0.05, 0.1) is 85.6 Å². The average Bonchev–Trinajstić information content (AvgIpc) is 1.59. The van der Waals surface area contributed by atoms with E-state index in [2.05, 4.69) is 76.8 Å². The van der Waals surface area contributed by atoms with Crippen molar-refractivity contribution >= 4 is 86.2 Å². The van der Waals surface area contributed by atoms with Crippen molar-refractivity contribution in [2.24, 2.45) is 0 Å². The van der Waals surface area contributed by atoms with E-state index in [1.165, 1.54) is 67.5 Å². The zero-order chi connectivity index (χ0) is 82.5. The molecule has 12 N–H and O–H groups in total. The van der Waals surface area contributed by atoms with Crippen LogP contribution < -0.4 is 16.0 Å². The molecule has 30 nitrogen and oxygen atoms in total. The van der Waals surface area contributed by atoms with Gasteiger partial charge in [0, 0.05) is 72.3 Å². The van der Waals surface area contributed by atoms with E-state index in [1.807, 2.05) is 39.0 Å². The summed E-state index contributed by atoms with van der Waals surface area (Å²) in [5.41, 5.74) is 5.64. The Balaban J connectivity index is 0.000000150. The van der Waals surface area contributed by atoms with Crippen LogP contribution in [0.2, 0.25) is 0 Å². The molecule has 9 aromatic rings. The minimum absolute atomic E-state index is 0.00600. The first-order valence-corrected chi connectivity index (χ1v) is 38.9. The first-order chi connectivity index (χ1) is 54.6. The summed E-state index contributed by atoms with van der Waals surface area (Å²) in [4.78, 5) is 27.6. The summed E-state index contributed by atoms with van der Waals surface area (Å²) in [6, 6.07) is 9.34. The highest BCUT2D eigenvalue weighted by molar-refractivity contribution is 7.99. The van der Waals surface area contributed by atoms with Crippen LogP contribution in [0, 0.1) is 38.2 Å². The Kier molecular flexibility index (Phi) is 22.7. The van der Waals surface area contributed by atoms with E-state index < -0.39 is 117 Å². The van der Waals surface area contributed by atoms with Gasteiger partial charge in [0.1, 0.15) is 54.1 Å². The largest absolute Gasteiger partial charge is 0.394 e. The SMILES string of the molecule is [2H]C([2H])(CO)O[C@H]1C[C@@H](n2nnc3c(N[C@]4([2H])C[C@H]4c4ccc(C)c(F)c4)nc(SCCC)nc32)[C@H](O)[C@@H]1O.[2H]C([2H])(O)CO[C@H]1C[C@@H](n2nnc3c(N[C@]4([2H])C[C@H]4c4ccc(C)c(F)c4)nc(SCCC)nc32)[C@H](O)[C@@H]1O.[2H][C@@]1(Nc2nc(SCCC)nc3c2nnn3[C@@H]2C[C@H](OCCO)[C@@H](O)[C@H]2O)C[C@H]1c1ccc(C)c(F)c1. The number of anilines is 3. The summed E-state index contributed by atoms with van der Waals surface area (Å²) in [7, 11) is 0. The zero-order valence-electron chi connectivity index (χ0n) is 67.0. The van der Waals surface area contributed by atoms with E-state index in [0.717, 1.165) is 47.6 Å². The van der Waals surface area contributed by atoms with Crippen LogP contribution in [-0.2, 0) is 14.2 Å². The van der Waals surface area contributed by atoms with Gasteiger partial charge in [-0.25, -0.2) is 57.1 Å². The van der Waals surface area contributed by atoms with Crippen molar-refractivity contribution in [3.05, 3.63) is 105 Å². The van der Waals surface area contributed by atoms with Crippen LogP contribution in [-0.4, -0.2) is 251 Å². The Hall–Kier alpha value is -7.14. The van der Waals surface area contributed by atoms with Gasteiger partial charge >= 0.3 is 0 Å². The van der Waals surface area contributed by atoms with E-state index in [0.29, 0.717) is 85.4 Å². The number of ether oxygens (including phenoxy) is 3. The Morgan fingerprint density at radius 2 is 0.778 bits per heavy atom. The number of hydrogen-bond donors (Lipinski definition) is 12. The molecule has 36 heteroatoms. The number of thioether (sulfide) groups is 3. The maximum atomic E-state index is 14.2. The summed E-state index contributed by atoms with van der Waals surface area (Å²) >= 11 is 4.28. The number of nitrogens with one attached hydrogen (secondary N) is 3. The number of fused-ring (bicyclic) bond motifs is 3. The van der Waals surface area contributed by atoms with E-state index in [1.54, 1.807) is 39.0 Å². The highest BCUT2D eigenvalue weighted by atomic mass is 32.2. The van der Waals surface area contributed by atoms with Gasteiger partial charge in [0.2, 0.25) is 0 Å². The van der Waals surface area contributed by atoms with Crippen LogP contribution in [0.1, 0.15) is 157 Å². The number of aryl methyl sites for hydroxylation is 3. The van der Waals surface area contributed by atoms with Gasteiger partial charge in [0.15, 0.2) is 66.4 Å². The third kappa shape index (κ3) is 17.5. The molecule has 6 saturated carbocycles. The smallest absolute Gasteiger partial charge is 0.191 e. The lowest BCUT2D eigenvalue weighted by Gasteiger charge is -2.17. The van der Waals surface area contributed by atoms with Gasteiger partial charge in [-0.2, -0.15) is 0 Å². The van der Waals surface area contributed by atoms with E-state index in [4.69, 9.17) is 28.9 Å². The van der Waals surface area contributed by atoms with Crippen molar-refractivity contribution in [3.63, 3.8) is 0 Å². The fourth-order valence-corrected chi connectivity index (χ4v) is 15.6. The lowest BCUT2D eigenvalue weighted by molar-refractivity contribution is -0.0629. The van der Waals surface area contributed by atoms with Gasteiger partial charge in [-0.3, -0.25) is 0 Å². The standard InChI is InChI=1S/3C24H31FN6O4S/c3*1-3-8-36-24-27-22(26-16-10-14(16)13-5-4-12(2)15(25)9-13)19-23(28-24)31(30-29-19)17-11-18(35-7-6-32)21(34)20(17)33/h3*4-5,9,14,16-18,20-21,32-34H,3,6-8,10-11H2,1-2H3,(H,26,27,28)/t3*14-,16+,17+,18-,20-,21+/m000/s1/i7D2,16D;6D2,16D;16D. The summed E-state index contributed by atoms with van der Waals surface area (Å²) in [6.07, 6.45) is -6.14. The van der Waals surface area contributed by atoms with E-state index >= 15 is 0 Å². The van der Waals surface area contributed by atoms with Gasteiger partial charge in [0.25, 0.3) is 0 Å². The Labute approximate surface area is 643 Å². The van der Waals surface area contributed by atoms with Crippen molar-refractivity contribution in [2.75, 3.05) is 72.8 Å². The van der Waals surface area contributed by atoms with Crippen molar-refractivity contribution < 1.29 is 82.9 Å². The monoisotopic (exact) mass is 1560 g/mol. The molecule has 0 amide bonds. The summed E-state index contributed by atoms with van der Waals surface area (Å²) < 4.78 is 119. The fourth-order valence-electron chi connectivity index (χ4n) is 13.5.